The molecule has 1 fully saturated rings. The fourth-order valence-electron chi connectivity index (χ4n) is 2.11. The molecule has 1 aliphatic rings. The normalized spacial score (nSPS) is 17.1. The first-order chi connectivity index (χ1) is 7.65. The second kappa shape index (κ2) is 4.66. The third kappa shape index (κ3) is 3.07. The van der Waals surface area contributed by atoms with Crippen molar-refractivity contribution >= 4 is 5.97 Å². The molecule has 2 rings (SSSR count). The van der Waals surface area contributed by atoms with E-state index in [-0.39, 0.29) is 6.54 Å². The third-order valence-corrected chi connectivity index (χ3v) is 3.04. The van der Waals surface area contributed by atoms with E-state index in [0.29, 0.717) is 6.04 Å². The molecule has 1 aliphatic carbocycles. The van der Waals surface area contributed by atoms with E-state index in [1.54, 1.807) is 0 Å². The van der Waals surface area contributed by atoms with E-state index in [1.165, 1.54) is 11.1 Å². The van der Waals surface area contributed by atoms with E-state index < -0.39 is 5.97 Å². The van der Waals surface area contributed by atoms with E-state index in [0.717, 1.165) is 24.3 Å². The van der Waals surface area contributed by atoms with Gasteiger partial charge in [0.15, 0.2) is 0 Å². The number of carbonyl (C=O) groups is 1. The van der Waals surface area contributed by atoms with Crippen LogP contribution in [0.2, 0.25) is 0 Å². The standard InChI is InChI=1S/C13H17NO2/c1-10-3-2-4-11(7-10)8-14(9-13(15)16)12-5-6-12/h2-4,7,12H,5-6,8-9H2,1H3,(H,15,16). The van der Waals surface area contributed by atoms with Crippen LogP contribution in [-0.4, -0.2) is 18.6 Å². The Labute approximate surface area is 95.7 Å². The Balaban J connectivity index is 2.02. The summed E-state index contributed by atoms with van der Waals surface area (Å²) in [5.74, 6) is -0.949. The van der Waals surface area contributed by atoms with Crippen LogP contribution < -0.4 is 10.0 Å². The minimum atomic E-state index is -0.949. The summed E-state index contributed by atoms with van der Waals surface area (Å²) in [5, 5.41) is 10.7. The van der Waals surface area contributed by atoms with Gasteiger partial charge in [0.25, 0.3) is 0 Å². The molecule has 3 nitrogen and oxygen atoms in total. The Morgan fingerprint density at radius 2 is 2.25 bits per heavy atom. The maximum atomic E-state index is 10.7. The highest BCUT2D eigenvalue weighted by Crippen LogP contribution is 2.15. The molecule has 1 unspecified atom stereocenters. The lowest BCUT2D eigenvalue weighted by atomic mass is 10.1. The Kier molecular flexibility index (Phi) is 3.25. The summed E-state index contributed by atoms with van der Waals surface area (Å²) in [6, 6.07) is 8.79. The summed E-state index contributed by atoms with van der Waals surface area (Å²) >= 11 is 0. The van der Waals surface area contributed by atoms with Gasteiger partial charge in [0.1, 0.15) is 13.1 Å². The molecular weight excluding hydrogens is 202 g/mol. The first kappa shape index (κ1) is 11.1. The van der Waals surface area contributed by atoms with Gasteiger partial charge in [0.05, 0.1) is 12.0 Å². The molecule has 86 valence electrons. The summed E-state index contributed by atoms with van der Waals surface area (Å²) in [7, 11) is 0. The molecule has 0 radical (unpaired) electrons. The average molecular weight is 219 g/mol. The first-order valence-electron chi connectivity index (χ1n) is 5.75. The fourth-order valence-corrected chi connectivity index (χ4v) is 2.11. The molecule has 1 N–H and O–H groups in total. The number of hydrogen-bond donors (Lipinski definition) is 1. The van der Waals surface area contributed by atoms with Crippen LogP contribution in [0, 0.1) is 6.92 Å². The number of carboxylic acids is 1. The summed E-state index contributed by atoms with van der Waals surface area (Å²) < 4.78 is 0. The molecule has 3 heteroatoms. The van der Waals surface area contributed by atoms with E-state index in [2.05, 4.69) is 25.1 Å². The molecule has 1 atom stereocenters. The lowest BCUT2D eigenvalue weighted by Crippen LogP contribution is -3.13. The summed E-state index contributed by atoms with van der Waals surface area (Å²) in [6.07, 6.45) is 2.29. The number of hydrogen-bond acceptors (Lipinski definition) is 2. The van der Waals surface area contributed by atoms with Crippen molar-refractivity contribution in [3.8, 4) is 0 Å². The Hall–Kier alpha value is -1.35. The maximum absolute atomic E-state index is 10.7. The zero-order valence-electron chi connectivity index (χ0n) is 9.53. The lowest BCUT2D eigenvalue weighted by Gasteiger charge is -2.19. The highest BCUT2D eigenvalue weighted by Gasteiger charge is 2.33. The van der Waals surface area contributed by atoms with Gasteiger partial charge in [-0.1, -0.05) is 29.8 Å². The largest absolute Gasteiger partial charge is 0.544 e. The van der Waals surface area contributed by atoms with Gasteiger partial charge < -0.3 is 14.8 Å². The lowest BCUT2D eigenvalue weighted by molar-refractivity contribution is -0.919. The predicted molar refractivity (Wildman–Crippen MR) is 58.7 cm³/mol. The molecule has 0 aliphatic heterocycles. The van der Waals surface area contributed by atoms with Crippen LogP contribution in [0.1, 0.15) is 24.0 Å². The highest BCUT2D eigenvalue weighted by molar-refractivity contribution is 5.65. The molecule has 0 saturated heterocycles. The van der Waals surface area contributed by atoms with E-state index in [9.17, 15) is 9.90 Å². The predicted octanol–water partition coefficient (Wildman–Crippen LogP) is -0.708. The van der Waals surface area contributed by atoms with Crippen molar-refractivity contribution in [3.63, 3.8) is 0 Å². The zero-order valence-corrected chi connectivity index (χ0v) is 9.53. The van der Waals surface area contributed by atoms with Crippen molar-refractivity contribution < 1.29 is 14.8 Å². The molecular formula is C13H17NO2. The Morgan fingerprint density at radius 1 is 1.50 bits per heavy atom. The second-order valence-electron chi connectivity index (χ2n) is 4.65. The average Bonchev–Trinajstić information content (AvgIpc) is 2.99. The Bertz CT molecular complexity index is 385. The van der Waals surface area contributed by atoms with Gasteiger partial charge in [-0.2, -0.15) is 0 Å². The van der Waals surface area contributed by atoms with Crippen molar-refractivity contribution in [2.24, 2.45) is 0 Å². The summed E-state index contributed by atoms with van der Waals surface area (Å²) in [5.41, 5.74) is 2.43. The molecule has 0 amide bonds. The zero-order chi connectivity index (χ0) is 11.5. The minimum Gasteiger partial charge on any atom is -0.544 e. The molecule has 1 aromatic rings. The molecule has 0 bridgehead atoms. The number of rotatable bonds is 5. The molecule has 0 heterocycles. The number of aliphatic carboxylic acids is 1. The highest BCUT2D eigenvalue weighted by atomic mass is 16.4. The number of nitrogens with one attached hydrogen (secondary N) is 1. The SMILES string of the molecule is Cc1cccc(C[NH+](CC(=O)[O-])C2CC2)c1. The van der Waals surface area contributed by atoms with Gasteiger partial charge in [0.2, 0.25) is 0 Å². The van der Waals surface area contributed by atoms with Crippen molar-refractivity contribution in [2.75, 3.05) is 6.54 Å². The third-order valence-electron chi connectivity index (χ3n) is 3.04. The van der Waals surface area contributed by atoms with Crippen LogP contribution >= 0.6 is 0 Å². The van der Waals surface area contributed by atoms with E-state index >= 15 is 0 Å². The topological polar surface area (TPSA) is 44.6 Å². The molecule has 0 aromatic heterocycles. The Morgan fingerprint density at radius 3 is 2.81 bits per heavy atom. The van der Waals surface area contributed by atoms with Crippen LogP contribution in [0.25, 0.3) is 0 Å². The van der Waals surface area contributed by atoms with Gasteiger partial charge >= 0.3 is 0 Å². The van der Waals surface area contributed by atoms with Crippen molar-refractivity contribution in [1.29, 1.82) is 0 Å². The van der Waals surface area contributed by atoms with Crippen LogP contribution in [0.5, 0.6) is 0 Å². The van der Waals surface area contributed by atoms with Crippen LogP contribution in [0.15, 0.2) is 24.3 Å². The molecule has 16 heavy (non-hydrogen) atoms. The van der Waals surface area contributed by atoms with Crippen molar-refractivity contribution in [3.05, 3.63) is 35.4 Å². The number of aryl methyl sites for hydroxylation is 1. The first-order valence-corrected chi connectivity index (χ1v) is 5.75. The van der Waals surface area contributed by atoms with Crippen LogP contribution in [0.4, 0.5) is 0 Å². The molecule has 0 spiro atoms. The maximum Gasteiger partial charge on any atom is 0.118 e. The summed E-state index contributed by atoms with van der Waals surface area (Å²) in [6.45, 7) is 2.97. The van der Waals surface area contributed by atoms with Gasteiger partial charge in [-0.3, -0.25) is 0 Å². The minimum absolute atomic E-state index is 0.124. The monoisotopic (exact) mass is 219 g/mol. The second-order valence-corrected chi connectivity index (χ2v) is 4.65. The molecule has 1 aromatic carbocycles. The van der Waals surface area contributed by atoms with Crippen molar-refractivity contribution in [2.45, 2.75) is 32.4 Å². The fraction of sp³-hybridized carbons (Fsp3) is 0.462. The van der Waals surface area contributed by atoms with E-state index in [1.807, 2.05) is 6.07 Å². The smallest absolute Gasteiger partial charge is 0.118 e. The van der Waals surface area contributed by atoms with Gasteiger partial charge in [-0.25, -0.2) is 0 Å². The number of quaternary nitrogens is 1. The van der Waals surface area contributed by atoms with Gasteiger partial charge in [0, 0.05) is 18.4 Å². The number of benzene rings is 1. The number of carboxylic acid groups (broad SMARTS) is 1. The van der Waals surface area contributed by atoms with E-state index in [4.69, 9.17) is 0 Å². The summed E-state index contributed by atoms with van der Waals surface area (Å²) in [4.78, 5) is 11.8. The van der Waals surface area contributed by atoms with Gasteiger partial charge in [-0.05, 0) is 6.92 Å². The van der Waals surface area contributed by atoms with Crippen molar-refractivity contribution in [1.82, 2.24) is 0 Å². The van der Waals surface area contributed by atoms with Crippen LogP contribution in [-0.2, 0) is 11.3 Å². The van der Waals surface area contributed by atoms with Gasteiger partial charge in [-0.15, -0.1) is 0 Å². The number of carbonyl (C=O) groups excluding carboxylic acids is 1. The van der Waals surface area contributed by atoms with Crippen LogP contribution in [0.3, 0.4) is 0 Å². The molecule has 1 saturated carbocycles. The quantitative estimate of drug-likeness (QED) is 0.711.